The van der Waals surface area contributed by atoms with E-state index in [-0.39, 0.29) is 23.0 Å². The first-order chi connectivity index (χ1) is 5.91. The van der Waals surface area contributed by atoms with Crippen LogP contribution < -0.4 is 0 Å². The Morgan fingerprint density at radius 1 is 1.43 bits per heavy atom. The van der Waals surface area contributed by atoms with Gasteiger partial charge in [-0.25, -0.2) is 18.2 Å². The highest BCUT2D eigenvalue weighted by atomic mass is 35.5. The molecule has 14 heavy (non-hydrogen) atoms. The third-order valence-corrected chi connectivity index (χ3v) is 2.48. The summed E-state index contributed by atoms with van der Waals surface area (Å²) in [6.07, 6.45) is 2.06. The number of carboxylic acid groups (broad SMARTS) is 1. The molecule has 0 saturated carbocycles. The van der Waals surface area contributed by atoms with Crippen molar-refractivity contribution in [3.8, 4) is 0 Å². The van der Waals surface area contributed by atoms with Crippen LogP contribution in [0.4, 0.5) is 0 Å². The van der Waals surface area contributed by atoms with Gasteiger partial charge in [0.25, 0.3) is 0 Å². The first-order valence-electron chi connectivity index (χ1n) is 3.30. The molecular weight excluding hydrogens is 230 g/mol. The zero-order chi connectivity index (χ0) is 10.1. The predicted octanol–water partition coefficient (Wildman–Crippen LogP) is 0.605. The number of carboxylic acids is 1. The fraction of sp³-hybridized carbons (Fsp3) is 0.143. The first-order valence-corrected chi connectivity index (χ1v) is 5.20. The fourth-order valence-electron chi connectivity index (χ4n) is 0.726. The lowest BCUT2D eigenvalue weighted by Crippen LogP contribution is -2.03. The quantitative estimate of drug-likeness (QED) is 0.815. The van der Waals surface area contributed by atoms with E-state index in [1.165, 1.54) is 6.07 Å². The highest BCUT2D eigenvalue weighted by Gasteiger charge is 2.09. The van der Waals surface area contributed by atoms with Crippen molar-refractivity contribution in [1.82, 2.24) is 4.98 Å². The Labute approximate surface area is 87.1 Å². The number of nitrogens with zero attached hydrogens (tertiary/aromatic N) is 1. The Balaban J connectivity index is 0.00000169. The van der Waals surface area contributed by atoms with Gasteiger partial charge < -0.3 is 5.11 Å². The molecule has 0 saturated heterocycles. The largest absolute Gasteiger partial charge is 0.477 e. The Hall–Kier alpha value is -1.14. The number of pyridine rings is 1. The van der Waals surface area contributed by atoms with Gasteiger partial charge >= 0.3 is 5.97 Å². The molecule has 0 bridgehead atoms. The van der Waals surface area contributed by atoms with Crippen LogP contribution in [0.3, 0.4) is 0 Å². The standard InChI is InChI=1S/C7H7NO4S.ClH/c1-13(11,12)5-2-3-6(7(9)10)8-4-5;/h2-4H,1H3,(H,9,10);1H. The zero-order valence-corrected chi connectivity index (χ0v) is 8.80. The maximum Gasteiger partial charge on any atom is 0.354 e. The van der Waals surface area contributed by atoms with Gasteiger partial charge in [0.2, 0.25) is 0 Å². The molecule has 1 N–H and O–H groups in total. The Morgan fingerprint density at radius 2 is 2.00 bits per heavy atom. The SMILES string of the molecule is CS(=O)(=O)c1ccc(C(=O)O)nc1.Cl. The average Bonchev–Trinajstić information content (AvgIpc) is 2.03. The molecular formula is C7H8ClNO4S. The topological polar surface area (TPSA) is 84.3 Å². The average molecular weight is 238 g/mol. The van der Waals surface area contributed by atoms with Crippen LogP contribution in [0.5, 0.6) is 0 Å². The van der Waals surface area contributed by atoms with E-state index in [1.54, 1.807) is 0 Å². The lowest BCUT2D eigenvalue weighted by molar-refractivity contribution is 0.0690. The summed E-state index contributed by atoms with van der Waals surface area (Å²) in [5, 5.41) is 8.47. The number of halogens is 1. The molecule has 7 heteroatoms. The van der Waals surface area contributed by atoms with Crippen LogP contribution in [0.25, 0.3) is 0 Å². The van der Waals surface area contributed by atoms with Crippen molar-refractivity contribution in [1.29, 1.82) is 0 Å². The molecule has 78 valence electrons. The highest BCUT2D eigenvalue weighted by Crippen LogP contribution is 2.06. The van der Waals surface area contributed by atoms with Crippen LogP contribution in [0.1, 0.15) is 10.5 Å². The summed E-state index contributed by atoms with van der Waals surface area (Å²) in [7, 11) is -3.30. The van der Waals surface area contributed by atoms with Crippen LogP contribution in [0.2, 0.25) is 0 Å². The molecule has 5 nitrogen and oxygen atoms in total. The molecule has 0 aliphatic heterocycles. The number of rotatable bonds is 2. The molecule has 0 aliphatic carbocycles. The van der Waals surface area contributed by atoms with Crippen molar-refractivity contribution in [3.63, 3.8) is 0 Å². The van der Waals surface area contributed by atoms with Crippen LogP contribution in [0, 0.1) is 0 Å². The summed E-state index contributed by atoms with van der Waals surface area (Å²) in [4.78, 5) is 13.8. The number of sulfone groups is 1. The van der Waals surface area contributed by atoms with E-state index >= 15 is 0 Å². The van der Waals surface area contributed by atoms with E-state index in [1.807, 2.05) is 0 Å². The normalized spacial score (nSPS) is 10.4. The molecule has 0 amide bonds. The van der Waals surface area contributed by atoms with E-state index in [0.29, 0.717) is 0 Å². The number of hydrogen-bond acceptors (Lipinski definition) is 4. The van der Waals surface area contributed by atoms with Crippen molar-refractivity contribution in [2.24, 2.45) is 0 Å². The molecule has 1 heterocycles. The predicted molar refractivity (Wildman–Crippen MR) is 51.6 cm³/mol. The summed E-state index contributed by atoms with van der Waals surface area (Å²) in [6.45, 7) is 0. The molecule has 0 spiro atoms. The third-order valence-electron chi connectivity index (χ3n) is 1.38. The van der Waals surface area contributed by atoms with E-state index in [4.69, 9.17) is 5.11 Å². The molecule has 1 aromatic heterocycles. The van der Waals surface area contributed by atoms with Crippen molar-refractivity contribution in [2.75, 3.05) is 6.26 Å². The van der Waals surface area contributed by atoms with Crippen molar-refractivity contribution >= 4 is 28.2 Å². The lowest BCUT2D eigenvalue weighted by atomic mass is 10.4. The third kappa shape index (κ3) is 2.97. The Morgan fingerprint density at radius 3 is 2.29 bits per heavy atom. The highest BCUT2D eigenvalue weighted by molar-refractivity contribution is 7.90. The van der Waals surface area contributed by atoms with Gasteiger partial charge in [0.1, 0.15) is 5.69 Å². The van der Waals surface area contributed by atoms with Crippen LogP contribution >= 0.6 is 12.4 Å². The van der Waals surface area contributed by atoms with Gasteiger partial charge in [-0.3, -0.25) is 0 Å². The number of aromatic carboxylic acids is 1. The lowest BCUT2D eigenvalue weighted by Gasteiger charge is -1.97. The summed E-state index contributed by atoms with van der Waals surface area (Å²) in [5.41, 5.74) is -0.174. The van der Waals surface area contributed by atoms with Crippen molar-refractivity contribution in [2.45, 2.75) is 4.90 Å². The molecule has 0 aromatic carbocycles. The first kappa shape index (κ1) is 12.9. The minimum atomic E-state index is -3.30. The Bertz CT molecular complexity index is 426. The monoisotopic (exact) mass is 237 g/mol. The summed E-state index contributed by atoms with van der Waals surface area (Å²) in [5.74, 6) is -1.18. The van der Waals surface area contributed by atoms with Gasteiger partial charge in [-0.2, -0.15) is 0 Å². The molecule has 0 radical (unpaired) electrons. The maximum atomic E-state index is 10.9. The van der Waals surface area contributed by atoms with Gasteiger partial charge in [-0.05, 0) is 12.1 Å². The second-order valence-electron chi connectivity index (χ2n) is 2.46. The van der Waals surface area contributed by atoms with Gasteiger partial charge in [-0.15, -0.1) is 12.4 Å². The van der Waals surface area contributed by atoms with E-state index < -0.39 is 15.8 Å². The summed E-state index contributed by atoms with van der Waals surface area (Å²) < 4.78 is 21.9. The molecule has 0 fully saturated rings. The Kier molecular flexibility index (Phi) is 4.03. The zero-order valence-electron chi connectivity index (χ0n) is 7.17. The maximum absolute atomic E-state index is 10.9. The molecule has 1 aromatic rings. The summed E-state index contributed by atoms with van der Waals surface area (Å²) >= 11 is 0. The second kappa shape index (κ2) is 4.39. The number of aromatic nitrogens is 1. The van der Waals surface area contributed by atoms with E-state index in [0.717, 1.165) is 18.5 Å². The summed E-state index contributed by atoms with van der Waals surface area (Å²) in [6, 6.07) is 2.37. The van der Waals surface area contributed by atoms with Gasteiger partial charge in [0.05, 0.1) is 4.90 Å². The fourth-order valence-corrected chi connectivity index (χ4v) is 1.29. The molecule has 0 aliphatic rings. The number of hydrogen-bond donors (Lipinski definition) is 1. The second-order valence-corrected chi connectivity index (χ2v) is 4.47. The molecule has 0 atom stereocenters. The number of carbonyl (C=O) groups is 1. The van der Waals surface area contributed by atoms with Gasteiger partial charge in [-0.1, -0.05) is 0 Å². The molecule has 0 unspecified atom stereocenters. The van der Waals surface area contributed by atoms with Crippen LogP contribution in [-0.4, -0.2) is 30.7 Å². The minimum absolute atomic E-state index is 0. The van der Waals surface area contributed by atoms with Crippen molar-refractivity contribution in [3.05, 3.63) is 24.0 Å². The smallest absolute Gasteiger partial charge is 0.354 e. The van der Waals surface area contributed by atoms with E-state index in [9.17, 15) is 13.2 Å². The van der Waals surface area contributed by atoms with Crippen LogP contribution in [-0.2, 0) is 9.84 Å². The van der Waals surface area contributed by atoms with Crippen LogP contribution in [0.15, 0.2) is 23.2 Å². The van der Waals surface area contributed by atoms with Gasteiger partial charge in [0.15, 0.2) is 9.84 Å². The minimum Gasteiger partial charge on any atom is -0.477 e. The van der Waals surface area contributed by atoms with Gasteiger partial charge in [0, 0.05) is 12.5 Å². The van der Waals surface area contributed by atoms with Crippen molar-refractivity contribution < 1.29 is 18.3 Å². The van der Waals surface area contributed by atoms with E-state index in [2.05, 4.69) is 4.98 Å². The molecule has 1 rings (SSSR count).